The topological polar surface area (TPSA) is 64.1 Å². The summed E-state index contributed by atoms with van der Waals surface area (Å²) in [5.74, 6) is 1.39. The second-order valence-electron chi connectivity index (χ2n) is 4.94. The van der Waals surface area contributed by atoms with Gasteiger partial charge in [0.05, 0.1) is 7.11 Å². The summed E-state index contributed by atoms with van der Waals surface area (Å²) < 4.78 is 5.21. The number of methoxy groups -OCH3 is 1. The molecule has 5 nitrogen and oxygen atoms in total. The molecular weight excluding hydrogens is 290 g/mol. The predicted molar refractivity (Wildman–Crippen MR) is 79.5 cm³/mol. The van der Waals surface area contributed by atoms with E-state index in [1.54, 1.807) is 7.11 Å². The Kier molecular flexibility index (Phi) is 3.75. The molecule has 0 radical (unpaired) electrons. The summed E-state index contributed by atoms with van der Waals surface area (Å²) in [5.41, 5.74) is 1.12. The number of halogens is 1. The van der Waals surface area contributed by atoms with Gasteiger partial charge in [0.1, 0.15) is 23.0 Å². The van der Waals surface area contributed by atoms with Crippen LogP contribution in [0, 0.1) is 5.92 Å². The third kappa shape index (κ3) is 3.13. The molecule has 1 amide bonds. The normalized spacial score (nSPS) is 19.9. The second-order valence-corrected chi connectivity index (χ2v) is 5.33. The first-order valence-electron chi connectivity index (χ1n) is 6.59. The Morgan fingerprint density at radius 2 is 2.24 bits per heavy atom. The Morgan fingerprint density at radius 3 is 3.00 bits per heavy atom. The lowest BCUT2D eigenvalue weighted by molar-refractivity contribution is -0.117. The van der Waals surface area contributed by atoms with Crippen molar-refractivity contribution in [2.24, 2.45) is 5.92 Å². The Balaban J connectivity index is 1.65. The third-order valence-electron chi connectivity index (χ3n) is 3.53. The Hall–Kier alpha value is -2.14. The summed E-state index contributed by atoms with van der Waals surface area (Å²) in [6, 6.07) is 9.35. The lowest BCUT2D eigenvalue weighted by Crippen LogP contribution is -2.15. The zero-order chi connectivity index (χ0) is 14.8. The number of hydrogen-bond acceptors (Lipinski definition) is 4. The number of nitrogens with one attached hydrogen (secondary N) is 1. The predicted octanol–water partition coefficient (Wildman–Crippen LogP) is 2.88. The van der Waals surface area contributed by atoms with Crippen LogP contribution < -0.4 is 10.1 Å². The van der Waals surface area contributed by atoms with Gasteiger partial charge in [0.15, 0.2) is 0 Å². The van der Waals surface area contributed by atoms with Crippen LogP contribution in [0.25, 0.3) is 0 Å². The van der Waals surface area contributed by atoms with Crippen molar-refractivity contribution in [1.29, 1.82) is 0 Å². The molecule has 0 saturated heterocycles. The molecule has 2 atom stereocenters. The van der Waals surface area contributed by atoms with Gasteiger partial charge in [-0.3, -0.25) is 4.79 Å². The molecule has 1 aromatic carbocycles. The molecule has 1 heterocycles. The average molecular weight is 304 g/mol. The van der Waals surface area contributed by atoms with Crippen LogP contribution in [0.3, 0.4) is 0 Å². The van der Waals surface area contributed by atoms with Gasteiger partial charge in [0.25, 0.3) is 0 Å². The molecule has 2 aromatic rings. The summed E-state index contributed by atoms with van der Waals surface area (Å²) in [6.07, 6.45) is 2.15. The van der Waals surface area contributed by atoms with Crippen molar-refractivity contribution in [1.82, 2.24) is 9.97 Å². The van der Waals surface area contributed by atoms with E-state index in [0.717, 1.165) is 17.7 Å². The minimum Gasteiger partial charge on any atom is -0.497 e. The van der Waals surface area contributed by atoms with E-state index < -0.39 is 0 Å². The van der Waals surface area contributed by atoms with Crippen LogP contribution in [-0.2, 0) is 4.79 Å². The van der Waals surface area contributed by atoms with Gasteiger partial charge in [0.2, 0.25) is 5.91 Å². The summed E-state index contributed by atoms with van der Waals surface area (Å²) >= 11 is 5.77. The number of nitrogens with zero attached hydrogens (tertiary/aromatic N) is 2. The zero-order valence-corrected chi connectivity index (χ0v) is 12.2. The number of carbonyl (C=O) groups is 1. The lowest BCUT2D eigenvalue weighted by atomic mass is 10.1. The Morgan fingerprint density at radius 1 is 1.38 bits per heavy atom. The molecule has 1 aromatic heterocycles. The van der Waals surface area contributed by atoms with Crippen LogP contribution in [0.2, 0.25) is 5.15 Å². The van der Waals surface area contributed by atoms with E-state index in [1.807, 2.05) is 24.3 Å². The molecule has 0 spiro atoms. The maximum Gasteiger partial charge on any atom is 0.229 e. The number of benzene rings is 1. The second kappa shape index (κ2) is 5.69. The fraction of sp³-hybridized carbons (Fsp3) is 0.267. The van der Waals surface area contributed by atoms with E-state index in [1.165, 1.54) is 12.4 Å². The minimum atomic E-state index is -0.0439. The van der Waals surface area contributed by atoms with Crippen molar-refractivity contribution >= 4 is 23.3 Å². The Labute approximate surface area is 127 Å². The number of amides is 1. The molecule has 6 heteroatoms. The van der Waals surface area contributed by atoms with Gasteiger partial charge in [0, 0.05) is 12.0 Å². The van der Waals surface area contributed by atoms with E-state index in [2.05, 4.69) is 15.3 Å². The van der Waals surface area contributed by atoms with E-state index in [0.29, 0.717) is 11.0 Å². The van der Waals surface area contributed by atoms with Gasteiger partial charge >= 0.3 is 0 Å². The van der Waals surface area contributed by atoms with Crippen molar-refractivity contribution < 1.29 is 9.53 Å². The number of aromatic nitrogens is 2. The van der Waals surface area contributed by atoms with Crippen molar-refractivity contribution in [3.63, 3.8) is 0 Å². The van der Waals surface area contributed by atoms with Crippen LogP contribution in [0.4, 0.5) is 5.82 Å². The maximum absolute atomic E-state index is 12.2. The van der Waals surface area contributed by atoms with Crippen LogP contribution >= 0.6 is 11.6 Å². The lowest BCUT2D eigenvalue weighted by Gasteiger charge is -2.05. The van der Waals surface area contributed by atoms with Crippen molar-refractivity contribution in [3.8, 4) is 5.75 Å². The summed E-state index contributed by atoms with van der Waals surface area (Å²) in [4.78, 5) is 19.9. The van der Waals surface area contributed by atoms with Crippen LogP contribution in [-0.4, -0.2) is 23.0 Å². The highest BCUT2D eigenvalue weighted by Crippen LogP contribution is 2.48. The molecule has 108 valence electrons. The van der Waals surface area contributed by atoms with Gasteiger partial charge < -0.3 is 10.1 Å². The fourth-order valence-corrected chi connectivity index (χ4v) is 2.49. The summed E-state index contributed by atoms with van der Waals surface area (Å²) in [7, 11) is 1.63. The molecule has 0 unspecified atom stereocenters. The van der Waals surface area contributed by atoms with Gasteiger partial charge in [-0.2, -0.15) is 0 Å². The zero-order valence-electron chi connectivity index (χ0n) is 11.4. The van der Waals surface area contributed by atoms with Gasteiger partial charge in [-0.15, -0.1) is 0 Å². The monoisotopic (exact) mass is 303 g/mol. The number of hydrogen-bond donors (Lipinski definition) is 1. The van der Waals surface area contributed by atoms with Gasteiger partial charge in [-0.25, -0.2) is 9.97 Å². The van der Waals surface area contributed by atoms with Crippen LogP contribution in [0.1, 0.15) is 17.9 Å². The molecule has 21 heavy (non-hydrogen) atoms. The quantitative estimate of drug-likeness (QED) is 0.882. The number of rotatable bonds is 4. The van der Waals surface area contributed by atoms with Crippen LogP contribution in [0.5, 0.6) is 5.75 Å². The first-order valence-corrected chi connectivity index (χ1v) is 6.97. The summed E-state index contributed by atoms with van der Waals surface area (Å²) in [5, 5.41) is 3.07. The minimum absolute atomic E-state index is 0.0363. The van der Waals surface area contributed by atoms with E-state index >= 15 is 0 Å². The fourth-order valence-electron chi connectivity index (χ4n) is 2.35. The molecule has 1 N–H and O–H groups in total. The van der Waals surface area contributed by atoms with E-state index in [-0.39, 0.29) is 17.7 Å². The van der Waals surface area contributed by atoms with Crippen molar-refractivity contribution in [3.05, 3.63) is 47.4 Å². The van der Waals surface area contributed by atoms with E-state index in [4.69, 9.17) is 16.3 Å². The molecule has 1 fully saturated rings. The van der Waals surface area contributed by atoms with Gasteiger partial charge in [-0.05, 0) is 30.0 Å². The van der Waals surface area contributed by atoms with Crippen molar-refractivity contribution in [2.45, 2.75) is 12.3 Å². The SMILES string of the molecule is COc1cccc([C@H]2C[C@@H]2C(=O)Nc2cc(Cl)ncn2)c1. The molecule has 0 aliphatic heterocycles. The average Bonchev–Trinajstić information content (AvgIpc) is 3.28. The van der Waals surface area contributed by atoms with E-state index in [9.17, 15) is 4.79 Å². The summed E-state index contributed by atoms with van der Waals surface area (Å²) in [6.45, 7) is 0. The smallest absolute Gasteiger partial charge is 0.229 e. The number of ether oxygens (including phenoxy) is 1. The molecule has 1 aliphatic rings. The molecular formula is C15H14ClN3O2. The highest BCUT2D eigenvalue weighted by Gasteiger charge is 2.44. The molecule has 1 aliphatic carbocycles. The first-order chi connectivity index (χ1) is 10.2. The number of anilines is 1. The standard InChI is InChI=1S/C15H14ClN3O2/c1-21-10-4-2-3-9(5-10)11-6-12(11)15(20)19-14-7-13(16)17-8-18-14/h2-5,7-8,11-12H,6H2,1H3,(H,17,18,19,20)/t11-,12+/m1/s1. The number of carbonyl (C=O) groups excluding carboxylic acids is 1. The Bertz CT molecular complexity index is 677. The molecule has 3 rings (SSSR count). The highest BCUT2D eigenvalue weighted by molar-refractivity contribution is 6.29. The maximum atomic E-state index is 12.2. The van der Waals surface area contributed by atoms with Gasteiger partial charge in [-0.1, -0.05) is 23.7 Å². The first kappa shape index (κ1) is 13.8. The largest absolute Gasteiger partial charge is 0.497 e. The third-order valence-corrected chi connectivity index (χ3v) is 3.74. The molecule has 1 saturated carbocycles. The van der Waals surface area contributed by atoms with Crippen molar-refractivity contribution in [2.75, 3.05) is 12.4 Å². The molecule has 0 bridgehead atoms. The highest BCUT2D eigenvalue weighted by atomic mass is 35.5. The van der Waals surface area contributed by atoms with Crippen LogP contribution in [0.15, 0.2) is 36.7 Å².